The molecule has 1 amide bonds. The van der Waals surface area contributed by atoms with Gasteiger partial charge in [0.2, 0.25) is 0 Å². The molecule has 0 bridgehead atoms. The van der Waals surface area contributed by atoms with Gasteiger partial charge in [-0.25, -0.2) is 0 Å². The molecule has 3 nitrogen and oxygen atoms in total. The summed E-state index contributed by atoms with van der Waals surface area (Å²) in [6.45, 7) is 0. The van der Waals surface area contributed by atoms with Crippen LogP contribution < -0.4 is 5.73 Å². The fraction of sp³-hybridized carbons (Fsp3) is 0.111. The van der Waals surface area contributed by atoms with Crippen LogP contribution in [0.15, 0.2) is 29.3 Å². The molecule has 1 aliphatic heterocycles. The van der Waals surface area contributed by atoms with E-state index < -0.39 is 0 Å². The highest BCUT2D eigenvalue weighted by Gasteiger charge is 2.29. The van der Waals surface area contributed by atoms with E-state index in [-0.39, 0.29) is 11.2 Å². The maximum atomic E-state index is 11.4. The Bertz CT molecular complexity index is 419. The molecule has 14 heavy (non-hydrogen) atoms. The predicted molar refractivity (Wildman–Crippen MR) is 58.4 cm³/mol. The SMILES string of the molecule is NC1=NC(=O)C(c2ccccc2Cl)S1. The summed E-state index contributed by atoms with van der Waals surface area (Å²) in [5, 5.41) is 0.506. The van der Waals surface area contributed by atoms with Gasteiger partial charge in [-0.2, -0.15) is 4.99 Å². The average molecular weight is 227 g/mol. The fourth-order valence-corrected chi connectivity index (χ4v) is 2.43. The number of benzene rings is 1. The van der Waals surface area contributed by atoms with Gasteiger partial charge in [0.05, 0.1) is 0 Å². The van der Waals surface area contributed by atoms with E-state index in [1.165, 1.54) is 11.8 Å². The van der Waals surface area contributed by atoms with Crippen molar-refractivity contribution in [1.82, 2.24) is 0 Å². The molecule has 2 rings (SSSR count). The van der Waals surface area contributed by atoms with Crippen LogP contribution in [0.4, 0.5) is 0 Å². The van der Waals surface area contributed by atoms with Gasteiger partial charge in [-0.15, -0.1) is 0 Å². The molecule has 72 valence electrons. The van der Waals surface area contributed by atoms with Crippen LogP contribution in [-0.2, 0) is 4.79 Å². The summed E-state index contributed by atoms with van der Waals surface area (Å²) in [6, 6.07) is 7.22. The molecule has 0 radical (unpaired) electrons. The number of aliphatic imine (C=N–C) groups is 1. The lowest BCUT2D eigenvalue weighted by atomic mass is 10.1. The summed E-state index contributed by atoms with van der Waals surface area (Å²) in [5.41, 5.74) is 6.22. The summed E-state index contributed by atoms with van der Waals surface area (Å²) in [4.78, 5) is 15.0. The molecule has 2 N–H and O–H groups in total. The molecule has 0 saturated heterocycles. The van der Waals surface area contributed by atoms with Gasteiger partial charge < -0.3 is 5.73 Å². The summed E-state index contributed by atoms with van der Waals surface area (Å²) in [5.74, 6) is -0.236. The molecule has 5 heteroatoms. The van der Waals surface area contributed by atoms with Crippen LogP contribution in [-0.4, -0.2) is 11.1 Å². The molecule has 1 heterocycles. The van der Waals surface area contributed by atoms with Gasteiger partial charge in [0.1, 0.15) is 5.25 Å². The number of hydrogen-bond donors (Lipinski definition) is 1. The van der Waals surface area contributed by atoms with Gasteiger partial charge >= 0.3 is 0 Å². The van der Waals surface area contributed by atoms with E-state index in [0.29, 0.717) is 10.2 Å². The van der Waals surface area contributed by atoms with Crippen LogP contribution in [0.3, 0.4) is 0 Å². The van der Waals surface area contributed by atoms with Crippen molar-refractivity contribution in [1.29, 1.82) is 0 Å². The van der Waals surface area contributed by atoms with Crippen molar-refractivity contribution in [3.63, 3.8) is 0 Å². The zero-order valence-electron chi connectivity index (χ0n) is 7.11. The van der Waals surface area contributed by atoms with Crippen LogP contribution in [0.2, 0.25) is 5.02 Å². The third kappa shape index (κ3) is 1.63. The van der Waals surface area contributed by atoms with E-state index >= 15 is 0 Å². The maximum Gasteiger partial charge on any atom is 0.266 e. The molecule has 0 fully saturated rings. The Morgan fingerprint density at radius 2 is 2.14 bits per heavy atom. The second kappa shape index (κ2) is 3.63. The molecule has 1 aromatic rings. The van der Waals surface area contributed by atoms with E-state index in [0.717, 1.165) is 5.56 Å². The topological polar surface area (TPSA) is 55.4 Å². The molecule has 1 unspecified atom stereocenters. The number of nitrogens with zero attached hydrogens (tertiary/aromatic N) is 1. The van der Waals surface area contributed by atoms with Crippen molar-refractivity contribution in [3.05, 3.63) is 34.9 Å². The molecule has 1 aromatic carbocycles. The first-order valence-corrected chi connectivity index (χ1v) is 5.23. The van der Waals surface area contributed by atoms with E-state index in [9.17, 15) is 4.79 Å². The second-order valence-electron chi connectivity index (χ2n) is 2.81. The van der Waals surface area contributed by atoms with Gasteiger partial charge in [0.15, 0.2) is 5.17 Å². The van der Waals surface area contributed by atoms with Crippen molar-refractivity contribution in [2.24, 2.45) is 10.7 Å². The molecule has 0 spiro atoms. The molecule has 1 aliphatic rings. The highest BCUT2D eigenvalue weighted by molar-refractivity contribution is 8.15. The number of amidine groups is 1. The van der Waals surface area contributed by atoms with Crippen LogP contribution >= 0.6 is 23.4 Å². The third-order valence-electron chi connectivity index (χ3n) is 1.87. The van der Waals surface area contributed by atoms with E-state index in [1.54, 1.807) is 6.07 Å². The highest BCUT2D eigenvalue weighted by Crippen LogP contribution is 2.37. The van der Waals surface area contributed by atoms with Crippen LogP contribution in [0.25, 0.3) is 0 Å². The second-order valence-corrected chi connectivity index (χ2v) is 4.34. The number of halogens is 1. The van der Waals surface area contributed by atoms with Crippen molar-refractivity contribution in [3.8, 4) is 0 Å². The minimum Gasteiger partial charge on any atom is -0.378 e. The lowest BCUT2D eigenvalue weighted by Gasteiger charge is -2.07. The van der Waals surface area contributed by atoms with Gasteiger partial charge in [-0.05, 0) is 11.6 Å². The standard InChI is InChI=1S/C9H7ClN2OS/c10-6-4-2-1-3-5(6)7-8(13)12-9(11)14-7/h1-4,7H,(H2,11,12,13). The Labute approximate surface area is 90.3 Å². The smallest absolute Gasteiger partial charge is 0.266 e. The molecule has 1 atom stereocenters. The number of hydrogen-bond acceptors (Lipinski definition) is 3. The Kier molecular flexibility index (Phi) is 2.48. The van der Waals surface area contributed by atoms with Crippen molar-refractivity contribution in [2.75, 3.05) is 0 Å². The number of carbonyl (C=O) groups excluding carboxylic acids is 1. The Morgan fingerprint density at radius 1 is 1.43 bits per heavy atom. The Morgan fingerprint density at radius 3 is 2.71 bits per heavy atom. The molecular formula is C9H7ClN2OS. The zero-order chi connectivity index (χ0) is 10.1. The van der Waals surface area contributed by atoms with Crippen molar-refractivity contribution in [2.45, 2.75) is 5.25 Å². The molecule has 0 aliphatic carbocycles. The fourth-order valence-electron chi connectivity index (χ4n) is 1.25. The van der Waals surface area contributed by atoms with Crippen LogP contribution in [0.5, 0.6) is 0 Å². The van der Waals surface area contributed by atoms with E-state index in [4.69, 9.17) is 17.3 Å². The van der Waals surface area contributed by atoms with Crippen molar-refractivity contribution >= 4 is 34.4 Å². The maximum absolute atomic E-state index is 11.4. The van der Waals surface area contributed by atoms with Crippen LogP contribution in [0.1, 0.15) is 10.8 Å². The summed E-state index contributed by atoms with van der Waals surface area (Å²) < 4.78 is 0. The minimum atomic E-state index is -0.372. The normalized spacial score (nSPS) is 21.1. The lowest BCUT2D eigenvalue weighted by Crippen LogP contribution is -2.03. The van der Waals surface area contributed by atoms with E-state index in [2.05, 4.69) is 4.99 Å². The Balaban J connectivity index is 2.35. The molecule has 0 saturated carbocycles. The highest BCUT2D eigenvalue weighted by atomic mass is 35.5. The van der Waals surface area contributed by atoms with Gasteiger partial charge in [0, 0.05) is 5.02 Å². The number of amides is 1. The van der Waals surface area contributed by atoms with Crippen molar-refractivity contribution < 1.29 is 4.79 Å². The number of thioether (sulfide) groups is 1. The quantitative estimate of drug-likeness (QED) is 0.797. The zero-order valence-corrected chi connectivity index (χ0v) is 8.68. The predicted octanol–water partition coefficient (Wildman–Crippen LogP) is 1.97. The minimum absolute atomic E-state index is 0.236. The van der Waals surface area contributed by atoms with Gasteiger partial charge in [-0.3, -0.25) is 4.79 Å². The molecule has 0 aromatic heterocycles. The largest absolute Gasteiger partial charge is 0.378 e. The summed E-state index contributed by atoms with van der Waals surface area (Å²) in [7, 11) is 0. The number of nitrogens with two attached hydrogens (primary N) is 1. The first-order chi connectivity index (χ1) is 6.68. The van der Waals surface area contributed by atoms with Gasteiger partial charge in [0.25, 0.3) is 5.91 Å². The average Bonchev–Trinajstić information content (AvgIpc) is 2.46. The summed E-state index contributed by atoms with van der Waals surface area (Å²) in [6.07, 6.45) is 0. The third-order valence-corrected chi connectivity index (χ3v) is 3.24. The summed E-state index contributed by atoms with van der Waals surface area (Å²) >= 11 is 7.19. The van der Waals surface area contributed by atoms with Crippen LogP contribution in [0, 0.1) is 0 Å². The molecular weight excluding hydrogens is 220 g/mol. The first kappa shape index (κ1) is 9.55. The Hall–Kier alpha value is -1.000. The first-order valence-electron chi connectivity index (χ1n) is 3.97. The lowest BCUT2D eigenvalue weighted by molar-refractivity contribution is -0.117. The number of carbonyl (C=O) groups is 1. The monoisotopic (exact) mass is 226 g/mol. The number of rotatable bonds is 1. The van der Waals surface area contributed by atoms with E-state index in [1.807, 2.05) is 18.2 Å². The van der Waals surface area contributed by atoms with Gasteiger partial charge in [-0.1, -0.05) is 41.6 Å².